The molecule has 0 aromatic heterocycles. The molecule has 2 N–H and O–H groups in total. The van der Waals surface area contributed by atoms with Crippen molar-refractivity contribution < 1.29 is 0 Å². The third kappa shape index (κ3) is 2.15. The standard InChI is InChI=1S/C15H23N/c1-4-11(2)12-5-7-13(8-6-12)14(16)15(3)9-10-15/h5-8,11,14H,4,9-10,16H2,1-3H3. The second kappa shape index (κ2) is 4.21. The van der Waals surface area contributed by atoms with Gasteiger partial charge in [0.05, 0.1) is 0 Å². The number of nitrogens with two attached hydrogens (primary N) is 1. The normalized spacial score (nSPS) is 21.5. The Hall–Kier alpha value is -0.820. The molecule has 0 bridgehead atoms. The van der Waals surface area contributed by atoms with Crippen LogP contribution in [0.25, 0.3) is 0 Å². The summed E-state index contributed by atoms with van der Waals surface area (Å²) in [6.07, 6.45) is 3.76. The third-order valence-corrected chi connectivity index (χ3v) is 4.27. The first-order valence-corrected chi connectivity index (χ1v) is 6.42. The lowest BCUT2D eigenvalue weighted by atomic mass is 9.90. The van der Waals surface area contributed by atoms with Crippen LogP contribution in [0.1, 0.15) is 63.1 Å². The second-order valence-electron chi connectivity index (χ2n) is 5.61. The van der Waals surface area contributed by atoms with Crippen molar-refractivity contribution in [2.75, 3.05) is 0 Å². The van der Waals surface area contributed by atoms with Gasteiger partial charge in [-0.15, -0.1) is 0 Å². The predicted octanol–water partition coefficient (Wildman–Crippen LogP) is 4.00. The van der Waals surface area contributed by atoms with Gasteiger partial charge in [-0.3, -0.25) is 0 Å². The maximum atomic E-state index is 6.29. The molecule has 2 rings (SSSR count). The van der Waals surface area contributed by atoms with Crippen molar-refractivity contribution in [1.29, 1.82) is 0 Å². The molecule has 1 saturated carbocycles. The van der Waals surface area contributed by atoms with Gasteiger partial charge >= 0.3 is 0 Å². The zero-order valence-corrected chi connectivity index (χ0v) is 10.7. The van der Waals surface area contributed by atoms with Crippen molar-refractivity contribution in [3.63, 3.8) is 0 Å². The van der Waals surface area contributed by atoms with Gasteiger partial charge in [0.15, 0.2) is 0 Å². The highest BCUT2D eigenvalue weighted by molar-refractivity contribution is 5.29. The Kier molecular flexibility index (Phi) is 3.07. The smallest absolute Gasteiger partial charge is 0.0349 e. The van der Waals surface area contributed by atoms with E-state index in [-0.39, 0.29) is 6.04 Å². The highest BCUT2D eigenvalue weighted by atomic mass is 14.7. The van der Waals surface area contributed by atoms with E-state index in [0.717, 1.165) is 0 Å². The third-order valence-electron chi connectivity index (χ3n) is 4.27. The largest absolute Gasteiger partial charge is 0.323 e. The van der Waals surface area contributed by atoms with E-state index in [4.69, 9.17) is 5.73 Å². The quantitative estimate of drug-likeness (QED) is 0.810. The van der Waals surface area contributed by atoms with Gasteiger partial charge in [-0.05, 0) is 41.7 Å². The Morgan fingerprint density at radius 1 is 1.19 bits per heavy atom. The first kappa shape index (κ1) is 11.7. The van der Waals surface area contributed by atoms with Crippen LogP contribution in [-0.4, -0.2) is 0 Å². The van der Waals surface area contributed by atoms with Gasteiger partial charge in [0.25, 0.3) is 0 Å². The summed E-state index contributed by atoms with van der Waals surface area (Å²) in [4.78, 5) is 0. The van der Waals surface area contributed by atoms with Gasteiger partial charge in [-0.1, -0.05) is 45.0 Å². The molecule has 1 fully saturated rings. The SMILES string of the molecule is CCC(C)c1ccc(C(N)C2(C)CC2)cc1. The predicted molar refractivity (Wildman–Crippen MR) is 69.4 cm³/mol. The minimum Gasteiger partial charge on any atom is -0.323 e. The summed E-state index contributed by atoms with van der Waals surface area (Å²) in [5.74, 6) is 0.654. The van der Waals surface area contributed by atoms with Crippen LogP contribution in [-0.2, 0) is 0 Å². The van der Waals surface area contributed by atoms with Crippen LogP contribution >= 0.6 is 0 Å². The average Bonchev–Trinajstić information content (AvgIpc) is 3.07. The molecule has 1 heteroatoms. The highest BCUT2D eigenvalue weighted by Gasteiger charge is 2.43. The van der Waals surface area contributed by atoms with Crippen molar-refractivity contribution in [1.82, 2.24) is 0 Å². The lowest BCUT2D eigenvalue weighted by molar-refractivity contribution is 0.451. The number of hydrogen-bond acceptors (Lipinski definition) is 1. The van der Waals surface area contributed by atoms with Crippen molar-refractivity contribution in [2.24, 2.45) is 11.1 Å². The van der Waals surface area contributed by atoms with E-state index < -0.39 is 0 Å². The van der Waals surface area contributed by atoms with Crippen LogP contribution in [0, 0.1) is 5.41 Å². The van der Waals surface area contributed by atoms with E-state index in [1.807, 2.05) is 0 Å². The van der Waals surface area contributed by atoms with E-state index in [9.17, 15) is 0 Å². The van der Waals surface area contributed by atoms with E-state index in [1.54, 1.807) is 0 Å². The highest BCUT2D eigenvalue weighted by Crippen LogP contribution is 2.53. The maximum Gasteiger partial charge on any atom is 0.0349 e. The van der Waals surface area contributed by atoms with E-state index in [0.29, 0.717) is 11.3 Å². The first-order chi connectivity index (χ1) is 7.57. The molecular weight excluding hydrogens is 194 g/mol. The first-order valence-electron chi connectivity index (χ1n) is 6.42. The molecule has 1 aromatic carbocycles. The van der Waals surface area contributed by atoms with Gasteiger partial charge in [0.1, 0.15) is 0 Å². The summed E-state index contributed by atoms with van der Waals surface area (Å²) >= 11 is 0. The van der Waals surface area contributed by atoms with Crippen LogP contribution in [0.15, 0.2) is 24.3 Å². The Balaban J connectivity index is 2.13. The molecule has 0 radical (unpaired) electrons. The van der Waals surface area contributed by atoms with Crippen molar-refractivity contribution in [2.45, 2.75) is 52.0 Å². The van der Waals surface area contributed by atoms with Crippen molar-refractivity contribution >= 4 is 0 Å². The fourth-order valence-electron chi connectivity index (χ4n) is 2.18. The molecule has 2 unspecified atom stereocenters. The lowest BCUT2D eigenvalue weighted by Crippen LogP contribution is -2.20. The second-order valence-corrected chi connectivity index (χ2v) is 5.61. The minimum atomic E-state index is 0.221. The maximum absolute atomic E-state index is 6.29. The monoisotopic (exact) mass is 217 g/mol. The average molecular weight is 217 g/mol. The molecule has 0 spiro atoms. The molecule has 88 valence electrons. The fourth-order valence-corrected chi connectivity index (χ4v) is 2.18. The molecule has 1 nitrogen and oxygen atoms in total. The minimum absolute atomic E-state index is 0.221. The Morgan fingerprint density at radius 3 is 2.12 bits per heavy atom. The van der Waals surface area contributed by atoms with E-state index in [1.165, 1.54) is 30.4 Å². The Bertz CT molecular complexity index is 348. The van der Waals surface area contributed by atoms with Crippen LogP contribution in [0.2, 0.25) is 0 Å². The zero-order chi connectivity index (χ0) is 11.8. The molecular formula is C15H23N. The summed E-state index contributed by atoms with van der Waals surface area (Å²) in [6.45, 7) is 6.80. The summed E-state index contributed by atoms with van der Waals surface area (Å²) < 4.78 is 0. The molecule has 2 atom stereocenters. The van der Waals surface area contributed by atoms with Gasteiger partial charge in [0.2, 0.25) is 0 Å². The van der Waals surface area contributed by atoms with Gasteiger partial charge in [-0.2, -0.15) is 0 Å². The number of rotatable bonds is 4. The molecule has 0 saturated heterocycles. The summed E-state index contributed by atoms with van der Waals surface area (Å²) in [5.41, 5.74) is 9.39. The fraction of sp³-hybridized carbons (Fsp3) is 0.600. The van der Waals surface area contributed by atoms with Gasteiger partial charge in [0, 0.05) is 6.04 Å². The molecule has 0 aliphatic heterocycles. The molecule has 1 aliphatic carbocycles. The lowest BCUT2D eigenvalue weighted by Gasteiger charge is -2.20. The summed E-state index contributed by atoms with van der Waals surface area (Å²) in [7, 11) is 0. The molecule has 0 heterocycles. The van der Waals surface area contributed by atoms with Crippen LogP contribution < -0.4 is 5.73 Å². The van der Waals surface area contributed by atoms with Crippen molar-refractivity contribution in [3.05, 3.63) is 35.4 Å². The topological polar surface area (TPSA) is 26.0 Å². The number of benzene rings is 1. The van der Waals surface area contributed by atoms with Crippen LogP contribution in [0.3, 0.4) is 0 Å². The Morgan fingerprint density at radius 2 is 1.69 bits per heavy atom. The number of hydrogen-bond donors (Lipinski definition) is 1. The Labute approximate surface area is 99.0 Å². The molecule has 16 heavy (non-hydrogen) atoms. The molecule has 1 aromatic rings. The van der Waals surface area contributed by atoms with E-state index in [2.05, 4.69) is 45.0 Å². The van der Waals surface area contributed by atoms with Crippen LogP contribution in [0.5, 0.6) is 0 Å². The van der Waals surface area contributed by atoms with Gasteiger partial charge < -0.3 is 5.73 Å². The summed E-state index contributed by atoms with van der Waals surface area (Å²) in [5, 5.41) is 0. The molecule has 0 amide bonds. The van der Waals surface area contributed by atoms with E-state index >= 15 is 0 Å². The summed E-state index contributed by atoms with van der Waals surface area (Å²) in [6, 6.07) is 9.15. The van der Waals surface area contributed by atoms with Gasteiger partial charge in [-0.25, -0.2) is 0 Å². The zero-order valence-electron chi connectivity index (χ0n) is 10.7. The van der Waals surface area contributed by atoms with Crippen molar-refractivity contribution in [3.8, 4) is 0 Å². The van der Waals surface area contributed by atoms with Crippen LogP contribution in [0.4, 0.5) is 0 Å². The molecule has 1 aliphatic rings.